The number of rotatable bonds is 9. The van der Waals surface area contributed by atoms with Gasteiger partial charge in [-0.1, -0.05) is 62.9 Å². The van der Waals surface area contributed by atoms with E-state index in [0.29, 0.717) is 17.6 Å². The van der Waals surface area contributed by atoms with E-state index in [-0.39, 0.29) is 0 Å². The van der Waals surface area contributed by atoms with Gasteiger partial charge in [0.2, 0.25) is 0 Å². The van der Waals surface area contributed by atoms with Gasteiger partial charge in [-0.25, -0.2) is 9.59 Å². The summed E-state index contributed by atoms with van der Waals surface area (Å²) >= 11 is 0. The molecule has 0 radical (unpaired) electrons. The first-order chi connectivity index (χ1) is 10.1. The van der Waals surface area contributed by atoms with E-state index in [1.165, 1.54) is 0 Å². The summed E-state index contributed by atoms with van der Waals surface area (Å²) in [6, 6.07) is 8.91. The second kappa shape index (κ2) is 8.95. The Labute approximate surface area is 125 Å². The lowest BCUT2D eigenvalue weighted by Crippen LogP contribution is -2.14. The number of hydrogen-bond donors (Lipinski definition) is 2. The van der Waals surface area contributed by atoms with Gasteiger partial charge < -0.3 is 10.2 Å². The van der Waals surface area contributed by atoms with Crippen molar-refractivity contribution in [3.8, 4) is 0 Å². The van der Waals surface area contributed by atoms with Crippen molar-refractivity contribution in [3.63, 3.8) is 0 Å². The molecule has 21 heavy (non-hydrogen) atoms. The van der Waals surface area contributed by atoms with Gasteiger partial charge in [-0.2, -0.15) is 0 Å². The highest BCUT2D eigenvalue weighted by atomic mass is 16.4. The van der Waals surface area contributed by atoms with Crippen molar-refractivity contribution in [1.29, 1.82) is 0 Å². The molecule has 0 saturated carbocycles. The topological polar surface area (TPSA) is 74.6 Å². The molecule has 1 rings (SSSR count). The van der Waals surface area contributed by atoms with Gasteiger partial charge in [0, 0.05) is 0 Å². The molecule has 0 atom stereocenters. The summed E-state index contributed by atoms with van der Waals surface area (Å²) in [6.07, 6.45) is 5.63. The largest absolute Gasteiger partial charge is 0.477 e. The van der Waals surface area contributed by atoms with Crippen molar-refractivity contribution in [2.75, 3.05) is 0 Å². The number of carboxylic acid groups (broad SMARTS) is 2. The third-order valence-electron chi connectivity index (χ3n) is 3.38. The van der Waals surface area contributed by atoms with Crippen LogP contribution in [0.5, 0.6) is 0 Å². The molecule has 0 spiro atoms. The molecule has 4 heteroatoms. The van der Waals surface area contributed by atoms with Gasteiger partial charge in [-0.15, -0.1) is 0 Å². The van der Waals surface area contributed by atoms with Crippen LogP contribution in [0.4, 0.5) is 0 Å². The van der Waals surface area contributed by atoms with E-state index in [4.69, 9.17) is 0 Å². The molecule has 0 saturated heterocycles. The molecule has 0 unspecified atom stereocenters. The minimum Gasteiger partial charge on any atom is -0.477 e. The van der Waals surface area contributed by atoms with Gasteiger partial charge in [0.25, 0.3) is 0 Å². The number of benzene rings is 1. The minimum atomic E-state index is -1.38. The SMILES string of the molecule is CCCCCCCC(=C(C(=O)O)C(=O)O)c1ccccc1. The lowest BCUT2D eigenvalue weighted by molar-refractivity contribution is -0.140. The summed E-state index contributed by atoms with van der Waals surface area (Å²) in [4.78, 5) is 22.5. The molecule has 1 aromatic rings. The molecule has 0 aliphatic carbocycles. The van der Waals surface area contributed by atoms with Crippen molar-refractivity contribution in [3.05, 3.63) is 41.5 Å². The van der Waals surface area contributed by atoms with Crippen LogP contribution < -0.4 is 0 Å². The van der Waals surface area contributed by atoms with E-state index in [2.05, 4.69) is 6.92 Å². The molecule has 114 valence electrons. The van der Waals surface area contributed by atoms with Crippen LogP contribution in [-0.4, -0.2) is 22.2 Å². The van der Waals surface area contributed by atoms with Gasteiger partial charge in [-0.3, -0.25) is 0 Å². The summed E-state index contributed by atoms with van der Waals surface area (Å²) in [5.41, 5.74) is 0.566. The van der Waals surface area contributed by atoms with E-state index >= 15 is 0 Å². The fraction of sp³-hybridized carbons (Fsp3) is 0.412. The molecule has 2 N–H and O–H groups in total. The molecule has 0 bridgehead atoms. The fourth-order valence-corrected chi connectivity index (χ4v) is 2.31. The average Bonchev–Trinajstić information content (AvgIpc) is 2.45. The Morgan fingerprint density at radius 1 is 0.905 bits per heavy atom. The summed E-state index contributed by atoms with van der Waals surface area (Å²) in [5.74, 6) is -2.76. The van der Waals surface area contributed by atoms with Crippen LogP contribution in [0.2, 0.25) is 0 Å². The third-order valence-corrected chi connectivity index (χ3v) is 3.38. The summed E-state index contributed by atoms with van der Waals surface area (Å²) in [6.45, 7) is 2.13. The lowest BCUT2D eigenvalue weighted by atomic mass is 9.94. The van der Waals surface area contributed by atoms with Crippen molar-refractivity contribution < 1.29 is 19.8 Å². The van der Waals surface area contributed by atoms with E-state index in [0.717, 1.165) is 32.1 Å². The Hall–Kier alpha value is -2.10. The Kier molecular flexibility index (Phi) is 7.23. The first-order valence-corrected chi connectivity index (χ1v) is 7.33. The molecule has 0 amide bonds. The fourth-order valence-electron chi connectivity index (χ4n) is 2.31. The highest BCUT2D eigenvalue weighted by Crippen LogP contribution is 2.25. The van der Waals surface area contributed by atoms with E-state index < -0.39 is 17.5 Å². The number of carboxylic acids is 2. The summed E-state index contributed by atoms with van der Waals surface area (Å²) < 4.78 is 0. The standard InChI is InChI=1S/C17H22O4/c1-2-3-4-5-9-12-14(13-10-7-6-8-11-13)15(16(18)19)17(20)21/h6-8,10-11H,2-5,9,12H2,1H3,(H,18,19)(H,20,21). The maximum atomic E-state index is 11.3. The Morgan fingerprint density at radius 2 is 1.48 bits per heavy atom. The van der Waals surface area contributed by atoms with Crippen LogP contribution in [0.25, 0.3) is 5.57 Å². The minimum absolute atomic E-state index is 0.409. The Bertz CT molecular complexity index is 487. The highest BCUT2D eigenvalue weighted by molar-refractivity contribution is 6.18. The molecular formula is C17H22O4. The van der Waals surface area contributed by atoms with Crippen LogP contribution >= 0.6 is 0 Å². The van der Waals surface area contributed by atoms with Crippen molar-refractivity contribution in [2.24, 2.45) is 0 Å². The normalized spacial score (nSPS) is 10.1. The van der Waals surface area contributed by atoms with Crippen LogP contribution in [0.1, 0.15) is 51.0 Å². The monoisotopic (exact) mass is 290 g/mol. The van der Waals surface area contributed by atoms with Crippen LogP contribution in [-0.2, 0) is 9.59 Å². The van der Waals surface area contributed by atoms with Gasteiger partial charge in [-0.05, 0) is 24.0 Å². The van der Waals surface area contributed by atoms with Crippen LogP contribution in [0, 0.1) is 0 Å². The molecule has 4 nitrogen and oxygen atoms in total. The Balaban J connectivity index is 2.98. The van der Waals surface area contributed by atoms with Crippen molar-refractivity contribution in [1.82, 2.24) is 0 Å². The highest BCUT2D eigenvalue weighted by Gasteiger charge is 2.22. The predicted octanol–water partition coefficient (Wildman–Crippen LogP) is 3.97. The number of carbonyl (C=O) groups is 2. The molecule has 0 aliphatic heterocycles. The third kappa shape index (κ3) is 5.42. The molecular weight excluding hydrogens is 268 g/mol. The maximum Gasteiger partial charge on any atom is 0.343 e. The van der Waals surface area contributed by atoms with E-state index in [1.54, 1.807) is 24.3 Å². The van der Waals surface area contributed by atoms with Gasteiger partial charge >= 0.3 is 11.9 Å². The van der Waals surface area contributed by atoms with Gasteiger partial charge in [0.1, 0.15) is 5.57 Å². The molecule has 0 aliphatic rings. The number of unbranched alkanes of at least 4 members (excludes halogenated alkanes) is 4. The quantitative estimate of drug-likeness (QED) is 0.312. The second-order valence-corrected chi connectivity index (χ2v) is 4.99. The van der Waals surface area contributed by atoms with Gasteiger partial charge in [0.15, 0.2) is 0 Å². The lowest BCUT2D eigenvalue weighted by Gasteiger charge is -2.10. The van der Waals surface area contributed by atoms with Crippen molar-refractivity contribution in [2.45, 2.75) is 45.4 Å². The van der Waals surface area contributed by atoms with E-state index in [1.807, 2.05) is 6.07 Å². The molecule has 0 fully saturated rings. The van der Waals surface area contributed by atoms with Crippen molar-refractivity contribution >= 4 is 17.5 Å². The maximum absolute atomic E-state index is 11.3. The first-order valence-electron chi connectivity index (χ1n) is 7.33. The Morgan fingerprint density at radius 3 is 2.00 bits per heavy atom. The summed E-state index contributed by atoms with van der Waals surface area (Å²) in [7, 11) is 0. The van der Waals surface area contributed by atoms with Gasteiger partial charge in [0.05, 0.1) is 0 Å². The zero-order valence-corrected chi connectivity index (χ0v) is 12.3. The van der Waals surface area contributed by atoms with Crippen LogP contribution in [0.3, 0.4) is 0 Å². The van der Waals surface area contributed by atoms with E-state index in [9.17, 15) is 19.8 Å². The number of allylic oxidation sites excluding steroid dienone is 1. The first kappa shape index (κ1) is 17.0. The molecule has 0 aromatic heterocycles. The zero-order valence-electron chi connectivity index (χ0n) is 12.3. The zero-order chi connectivity index (χ0) is 15.7. The van der Waals surface area contributed by atoms with Crippen LogP contribution in [0.15, 0.2) is 35.9 Å². The predicted molar refractivity (Wildman–Crippen MR) is 82.0 cm³/mol. The molecule has 1 aromatic carbocycles. The summed E-state index contributed by atoms with van der Waals surface area (Å²) in [5, 5.41) is 18.4. The number of aliphatic carboxylic acids is 2. The second-order valence-electron chi connectivity index (χ2n) is 4.99. The molecule has 0 heterocycles. The smallest absolute Gasteiger partial charge is 0.343 e. The average molecular weight is 290 g/mol. The number of hydrogen-bond acceptors (Lipinski definition) is 2.